The molecular weight excluding hydrogens is 276 g/mol. The van der Waals surface area contributed by atoms with Gasteiger partial charge >= 0.3 is 5.97 Å². The van der Waals surface area contributed by atoms with Crippen LogP contribution in [-0.4, -0.2) is 13.1 Å². The number of esters is 1. The number of nitrogens with zero attached hydrogens (tertiary/aromatic N) is 2. The van der Waals surface area contributed by atoms with Gasteiger partial charge in [-0.3, -0.25) is 0 Å². The number of pyridine rings is 1. The minimum atomic E-state index is -0.342. The number of aromatic nitrogens is 1. The van der Waals surface area contributed by atoms with Gasteiger partial charge in [0.05, 0.1) is 12.7 Å². The van der Waals surface area contributed by atoms with Crippen LogP contribution >= 0.6 is 0 Å². The maximum atomic E-state index is 11.3. The summed E-state index contributed by atoms with van der Waals surface area (Å²) in [7, 11) is 1.36. The van der Waals surface area contributed by atoms with E-state index in [9.17, 15) is 4.79 Å². The van der Waals surface area contributed by atoms with Gasteiger partial charge < -0.3 is 17.1 Å². The van der Waals surface area contributed by atoms with Gasteiger partial charge in [-0.15, -0.1) is 0 Å². The number of carbonyl (C=O) groups excluding carboxylic acids is 1. The van der Waals surface area contributed by atoms with E-state index in [2.05, 4.69) is 10.8 Å². The van der Waals surface area contributed by atoms with Crippen molar-refractivity contribution in [3.8, 4) is 6.07 Å². The minimum absolute atomic E-state index is 0. The van der Waals surface area contributed by atoms with Gasteiger partial charge in [0.2, 0.25) is 0 Å². The Morgan fingerprint density at radius 3 is 2.60 bits per heavy atom. The predicted molar refractivity (Wildman–Crippen MR) is 68.2 cm³/mol. The molecule has 0 saturated heterocycles. The van der Waals surface area contributed by atoms with Gasteiger partial charge in [-0.1, -0.05) is 12.1 Å². The van der Waals surface area contributed by atoms with Crippen LogP contribution in [0.4, 0.5) is 0 Å². The number of hydrogen-bond donors (Lipinski definition) is 0. The first-order valence-corrected chi connectivity index (χ1v) is 5.79. The maximum Gasteiger partial charge on any atom is 0.337 e. The van der Waals surface area contributed by atoms with E-state index in [-0.39, 0.29) is 18.4 Å². The third-order valence-corrected chi connectivity index (χ3v) is 2.73. The summed E-state index contributed by atoms with van der Waals surface area (Å²) in [6.07, 6.45) is 3.68. The predicted octanol–water partition coefficient (Wildman–Crippen LogP) is -1.32. The summed E-state index contributed by atoms with van der Waals surface area (Å²) in [5.74, 6) is -0.342. The number of ether oxygens (including phenoxy) is 1. The van der Waals surface area contributed by atoms with E-state index in [1.54, 1.807) is 24.4 Å². The Bertz CT molecular complexity index is 633. The molecular formula is C15H13ClN2O2. The lowest BCUT2D eigenvalue weighted by molar-refractivity contribution is -0.688. The molecule has 0 fully saturated rings. The molecule has 102 valence electrons. The summed E-state index contributed by atoms with van der Waals surface area (Å²) in [6.45, 7) is 0.650. The van der Waals surface area contributed by atoms with Crippen molar-refractivity contribution in [3.63, 3.8) is 0 Å². The average molecular weight is 289 g/mol. The second kappa shape index (κ2) is 7.27. The van der Waals surface area contributed by atoms with Gasteiger partial charge in [-0.25, -0.2) is 4.79 Å². The summed E-state index contributed by atoms with van der Waals surface area (Å²) in [6, 6.07) is 12.9. The number of benzene rings is 1. The molecule has 4 nitrogen and oxygen atoms in total. The van der Waals surface area contributed by atoms with Crippen LogP contribution in [0.2, 0.25) is 0 Å². The van der Waals surface area contributed by atoms with Crippen LogP contribution in [0.25, 0.3) is 0 Å². The summed E-state index contributed by atoms with van der Waals surface area (Å²) >= 11 is 0. The Kier molecular flexibility index (Phi) is 5.70. The summed E-state index contributed by atoms with van der Waals surface area (Å²) in [4.78, 5) is 11.3. The molecule has 0 unspecified atom stereocenters. The van der Waals surface area contributed by atoms with Gasteiger partial charge in [0.15, 0.2) is 18.9 Å². The fourth-order valence-corrected chi connectivity index (χ4v) is 1.76. The Morgan fingerprint density at radius 1 is 1.30 bits per heavy atom. The van der Waals surface area contributed by atoms with Crippen LogP contribution in [-0.2, 0) is 11.3 Å². The molecule has 1 heterocycles. The Morgan fingerprint density at radius 2 is 2.00 bits per heavy atom. The molecule has 0 saturated carbocycles. The number of rotatable bonds is 3. The van der Waals surface area contributed by atoms with Crippen molar-refractivity contribution < 1.29 is 26.5 Å². The van der Waals surface area contributed by atoms with Crippen LogP contribution < -0.4 is 17.0 Å². The summed E-state index contributed by atoms with van der Waals surface area (Å²) in [5, 5.41) is 8.84. The van der Waals surface area contributed by atoms with E-state index in [1.165, 1.54) is 7.11 Å². The molecule has 1 aromatic heterocycles. The fraction of sp³-hybridized carbons (Fsp3) is 0.133. The first kappa shape index (κ1) is 15.7. The molecule has 20 heavy (non-hydrogen) atoms. The van der Waals surface area contributed by atoms with Gasteiger partial charge in [0.1, 0.15) is 11.6 Å². The zero-order valence-corrected chi connectivity index (χ0v) is 11.7. The van der Waals surface area contributed by atoms with Crippen molar-refractivity contribution in [3.05, 3.63) is 65.5 Å². The monoisotopic (exact) mass is 288 g/mol. The maximum absolute atomic E-state index is 11.3. The smallest absolute Gasteiger partial charge is 0.337 e. The van der Waals surface area contributed by atoms with Crippen LogP contribution in [0, 0.1) is 11.3 Å². The van der Waals surface area contributed by atoms with Crippen LogP contribution in [0.5, 0.6) is 0 Å². The van der Waals surface area contributed by atoms with Crippen molar-refractivity contribution in [2.45, 2.75) is 6.54 Å². The molecule has 0 bridgehead atoms. The molecule has 5 heteroatoms. The molecule has 2 rings (SSSR count). The normalized spacial score (nSPS) is 9.20. The molecule has 0 atom stereocenters. The zero-order valence-electron chi connectivity index (χ0n) is 10.9. The molecule has 0 aliphatic rings. The number of hydrogen-bond acceptors (Lipinski definition) is 3. The standard InChI is InChI=1S/C15H13N2O2.ClH/c1-19-15(18)14-6-4-12(5-7-14)10-17-8-2-3-13(9-16)11-17;/h2-8,11H,10H2,1H3;1H/q+1;/p-1. The molecule has 0 amide bonds. The molecule has 0 N–H and O–H groups in total. The second-order valence-electron chi connectivity index (χ2n) is 4.07. The van der Waals surface area contributed by atoms with Gasteiger partial charge in [0.25, 0.3) is 0 Å². The summed E-state index contributed by atoms with van der Waals surface area (Å²) < 4.78 is 6.57. The Hall–Kier alpha value is -2.38. The second-order valence-corrected chi connectivity index (χ2v) is 4.07. The van der Waals surface area contributed by atoms with Crippen LogP contribution in [0.15, 0.2) is 48.8 Å². The van der Waals surface area contributed by atoms with E-state index >= 15 is 0 Å². The van der Waals surface area contributed by atoms with Crippen LogP contribution in [0.3, 0.4) is 0 Å². The molecule has 0 aliphatic heterocycles. The van der Waals surface area contributed by atoms with Crippen molar-refractivity contribution in [1.29, 1.82) is 5.26 Å². The topological polar surface area (TPSA) is 54.0 Å². The SMILES string of the molecule is COC(=O)c1ccc(C[n+]2cccc(C#N)c2)cc1.[Cl-]. The molecule has 0 radical (unpaired) electrons. The number of carbonyl (C=O) groups is 1. The highest BCUT2D eigenvalue weighted by Gasteiger charge is 2.07. The highest BCUT2D eigenvalue weighted by molar-refractivity contribution is 5.89. The fourth-order valence-electron chi connectivity index (χ4n) is 1.76. The van der Waals surface area contributed by atoms with Gasteiger partial charge in [0, 0.05) is 11.6 Å². The Balaban J connectivity index is 0.00000200. The third-order valence-electron chi connectivity index (χ3n) is 2.73. The molecule has 0 aliphatic carbocycles. The van der Waals surface area contributed by atoms with E-state index in [1.807, 2.05) is 29.0 Å². The largest absolute Gasteiger partial charge is 1.00 e. The highest BCUT2D eigenvalue weighted by atomic mass is 35.5. The zero-order chi connectivity index (χ0) is 13.7. The van der Waals surface area contributed by atoms with Gasteiger partial charge in [-0.05, 0) is 18.2 Å². The number of nitriles is 1. The average Bonchev–Trinajstić information content (AvgIpc) is 2.47. The number of halogens is 1. The quantitative estimate of drug-likeness (QED) is 0.520. The Labute approximate surface area is 123 Å². The highest BCUT2D eigenvalue weighted by Crippen LogP contribution is 2.05. The third kappa shape index (κ3) is 3.81. The molecule has 2 aromatic rings. The lowest BCUT2D eigenvalue weighted by atomic mass is 10.1. The molecule has 1 aromatic carbocycles. The van der Waals surface area contributed by atoms with E-state index in [0.29, 0.717) is 17.7 Å². The summed E-state index contributed by atoms with van der Waals surface area (Å²) in [5.41, 5.74) is 2.20. The van der Waals surface area contributed by atoms with Gasteiger partial charge in [-0.2, -0.15) is 9.83 Å². The van der Waals surface area contributed by atoms with Crippen molar-refractivity contribution in [2.24, 2.45) is 0 Å². The van der Waals surface area contributed by atoms with E-state index in [4.69, 9.17) is 5.26 Å². The van der Waals surface area contributed by atoms with Crippen LogP contribution in [0.1, 0.15) is 21.5 Å². The first-order valence-electron chi connectivity index (χ1n) is 5.79. The van der Waals surface area contributed by atoms with Crippen molar-refractivity contribution in [1.82, 2.24) is 0 Å². The lowest BCUT2D eigenvalue weighted by Crippen LogP contribution is -3.00. The van der Waals surface area contributed by atoms with E-state index in [0.717, 1.165) is 5.56 Å². The minimum Gasteiger partial charge on any atom is -1.00 e. The van der Waals surface area contributed by atoms with Crippen molar-refractivity contribution >= 4 is 5.97 Å². The molecule has 0 spiro atoms. The number of methoxy groups -OCH3 is 1. The van der Waals surface area contributed by atoms with Crippen molar-refractivity contribution in [2.75, 3.05) is 7.11 Å². The lowest BCUT2D eigenvalue weighted by Gasteiger charge is -2.01. The first-order chi connectivity index (χ1) is 9.22. The van der Waals surface area contributed by atoms with E-state index < -0.39 is 0 Å².